The zero-order chi connectivity index (χ0) is 17.5. The smallest absolute Gasteiger partial charge is 0.241 e. The van der Waals surface area contributed by atoms with Crippen molar-refractivity contribution in [3.05, 3.63) is 48.0 Å². The van der Waals surface area contributed by atoms with Crippen LogP contribution in [0.3, 0.4) is 0 Å². The first kappa shape index (κ1) is 17.3. The number of carbonyl (C=O) groups is 1. The van der Waals surface area contributed by atoms with Gasteiger partial charge in [0.2, 0.25) is 5.91 Å². The molecule has 2 aromatic rings. The van der Waals surface area contributed by atoms with Gasteiger partial charge in [0.25, 0.3) is 0 Å². The molecule has 5 heteroatoms. The monoisotopic (exact) mass is 338 g/mol. The summed E-state index contributed by atoms with van der Waals surface area (Å²) in [5.74, 6) is 0.830. The van der Waals surface area contributed by atoms with Crippen LogP contribution in [-0.4, -0.2) is 42.9 Å². The van der Waals surface area contributed by atoms with E-state index in [1.165, 1.54) is 16.3 Å². The predicted octanol–water partition coefficient (Wildman–Crippen LogP) is 2.52. The fourth-order valence-corrected chi connectivity index (χ4v) is 3.17. The molecule has 0 aromatic heterocycles. The van der Waals surface area contributed by atoms with Crippen molar-refractivity contribution >= 4 is 22.6 Å². The molecule has 1 amide bonds. The highest BCUT2D eigenvalue weighted by Crippen LogP contribution is 2.19. The Morgan fingerprint density at radius 1 is 1.08 bits per heavy atom. The number of nitrogens with zero attached hydrogens (tertiary/aromatic N) is 2. The van der Waals surface area contributed by atoms with Crippen molar-refractivity contribution in [2.24, 2.45) is 4.99 Å². The number of guanidine groups is 1. The van der Waals surface area contributed by atoms with E-state index in [9.17, 15) is 4.79 Å². The third-order valence-electron chi connectivity index (χ3n) is 4.50. The van der Waals surface area contributed by atoms with Crippen LogP contribution in [0.2, 0.25) is 0 Å². The standard InChI is InChI=1S/C20H26N4O/c1-2-21-20(23-15-19(25)24-12-5-6-13-24)22-14-17-10-7-9-16-8-3-4-11-18(16)17/h3-4,7-11H,2,5-6,12-15H2,1H3,(H2,21,22,23). The molecule has 1 aliphatic heterocycles. The molecular weight excluding hydrogens is 312 g/mol. The van der Waals surface area contributed by atoms with E-state index in [4.69, 9.17) is 0 Å². The third-order valence-corrected chi connectivity index (χ3v) is 4.50. The molecule has 5 nitrogen and oxygen atoms in total. The lowest BCUT2D eigenvalue weighted by molar-refractivity contribution is -0.128. The highest BCUT2D eigenvalue weighted by molar-refractivity contribution is 5.88. The summed E-state index contributed by atoms with van der Waals surface area (Å²) in [5.41, 5.74) is 1.18. The van der Waals surface area contributed by atoms with E-state index in [-0.39, 0.29) is 5.91 Å². The Kier molecular flexibility index (Phi) is 5.88. The summed E-state index contributed by atoms with van der Waals surface area (Å²) < 4.78 is 0. The normalized spacial score (nSPS) is 14.8. The van der Waals surface area contributed by atoms with Gasteiger partial charge < -0.3 is 15.5 Å². The van der Waals surface area contributed by atoms with Crippen LogP contribution in [0.1, 0.15) is 25.3 Å². The SMILES string of the molecule is CCNC(=NCc1cccc2ccccc12)NCC(=O)N1CCCC1. The number of rotatable bonds is 5. The second-order valence-electron chi connectivity index (χ2n) is 6.27. The lowest BCUT2D eigenvalue weighted by atomic mass is 10.1. The molecule has 0 bridgehead atoms. The number of hydrogen-bond acceptors (Lipinski definition) is 2. The average molecular weight is 338 g/mol. The largest absolute Gasteiger partial charge is 0.357 e. The van der Waals surface area contributed by atoms with Crippen molar-refractivity contribution < 1.29 is 4.79 Å². The van der Waals surface area contributed by atoms with E-state index in [1.807, 2.05) is 24.0 Å². The van der Waals surface area contributed by atoms with Crippen LogP contribution in [0.15, 0.2) is 47.5 Å². The van der Waals surface area contributed by atoms with Crippen LogP contribution in [0.25, 0.3) is 10.8 Å². The van der Waals surface area contributed by atoms with Gasteiger partial charge in [-0.3, -0.25) is 4.79 Å². The molecular formula is C20H26N4O. The minimum Gasteiger partial charge on any atom is -0.357 e. The summed E-state index contributed by atoms with van der Waals surface area (Å²) in [5, 5.41) is 8.82. The Labute approximate surface area is 149 Å². The Balaban J connectivity index is 1.66. The van der Waals surface area contributed by atoms with Crippen LogP contribution < -0.4 is 10.6 Å². The van der Waals surface area contributed by atoms with Gasteiger partial charge in [0.1, 0.15) is 0 Å². The van der Waals surface area contributed by atoms with Crippen molar-refractivity contribution in [3.8, 4) is 0 Å². The van der Waals surface area contributed by atoms with Crippen LogP contribution in [-0.2, 0) is 11.3 Å². The first-order valence-electron chi connectivity index (χ1n) is 9.04. The number of likely N-dealkylation sites (tertiary alicyclic amines) is 1. The van der Waals surface area contributed by atoms with Crippen LogP contribution in [0.5, 0.6) is 0 Å². The van der Waals surface area contributed by atoms with Gasteiger partial charge in [0, 0.05) is 19.6 Å². The quantitative estimate of drug-likeness (QED) is 0.651. The topological polar surface area (TPSA) is 56.7 Å². The minimum atomic E-state index is 0.147. The number of nitrogens with one attached hydrogen (secondary N) is 2. The number of benzene rings is 2. The van der Waals surface area contributed by atoms with Crippen molar-refractivity contribution in [1.82, 2.24) is 15.5 Å². The van der Waals surface area contributed by atoms with Gasteiger partial charge in [-0.05, 0) is 36.1 Å². The summed E-state index contributed by atoms with van der Waals surface area (Å²) in [6.45, 7) is 5.42. The van der Waals surface area contributed by atoms with Gasteiger partial charge in [-0.1, -0.05) is 42.5 Å². The van der Waals surface area contributed by atoms with Crippen molar-refractivity contribution in [1.29, 1.82) is 0 Å². The summed E-state index contributed by atoms with van der Waals surface area (Å²) in [4.78, 5) is 18.8. The maximum Gasteiger partial charge on any atom is 0.241 e. The molecule has 0 spiro atoms. The first-order valence-corrected chi connectivity index (χ1v) is 9.04. The molecule has 25 heavy (non-hydrogen) atoms. The number of carbonyl (C=O) groups excluding carboxylic acids is 1. The van der Waals surface area contributed by atoms with Crippen molar-refractivity contribution in [2.75, 3.05) is 26.2 Å². The molecule has 1 saturated heterocycles. The first-order chi connectivity index (χ1) is 12.3. The van der Waals surface area contributed by atoms with Crippen molar-refractivity contribution in [3.63, 3.8) is 0 Å². The molecule has 1 heterocycles. The van der Waals surface area contributed by atoms with Gasteiger partial charge >= 0.3 is 0 Å². The lowest BCUT2D eigenvalue weighted by Crippen LogP contribution is -2.44. The fraction of sp³-hybridized carbons (Fsp3) is 0.400. The summed E-state index contributed by atoms with van der Waals surface area (Å²) in [7, 11) is 0. The summed E-state index contributed by atoms with van der Waals surface area (Å²) in [6, 6.07) is 14.6. The van der Waals surface area contributed by atoms with Gasteiger partial charge in [-0.2, -0.15) is 0 Å². The fourth-order valence-electron chi connectivity index (χ4n) is 3.17. The molecule has 0 radical (unpaired) electrons. The summed E-state index contributed by atoms with van der Waals surface area (Å²) >= 11 is 0. The van der Waals surface area contributed by atoms with Crippen LogP contribution in [0.4, 0.5) is 0 Å². The molecule has 2 N–H and O–H groups in total. The zero-order valence-corrected chi connectivity index (χ0v) is 14.8. The molecule has 0 unspecified atom stereocenters. The molecule has 132 valence electrons. The molecule has 0 atom stereocenters. The number of fused-ring (bicyclic) bond motifs is 1. The van der Waals surface area contributed by atoms with E-state index in [0.717, 1.165) is 32.5 Å². The van der Waals surface area contributed by atoms with Crippen LogP contribution >= 0.6 is 0 Å². The van der Waals surface area contributed by atoms with E-state index < -0.39 is 0 Å². The predicted molar refractivity (Wildman–Crippen MR) is 103 cm³/mol. The van der Waals surface area contributed by atoms with Gasteiger partial charge in [-0.25, -0.2) is 4.99 Å². The Morgan fingerprint density at radius 2 is 1.84 bits per heavy atom. The number of amides is 1. The molecule has 1 aliphatic rings. The molecule has 3 rings (SSSR count). The van der Waals surface area contributed by atoms with Gasteiger partial charge in [0.15, 0.2) is 5.96 Å². The minimum absolute atomic E-state index is 0.147. The van der Waals surface area contributed by atoms with Gasteiger partial charge in [0.05, 0.1) is 13.1 Å². The summed E-state index contributed by atoms with van der Waals surface area (Å²) in [6.07, 6.45) is 2.22. The highest BCUT2D eigenvalue weighted by Gasteiger charge is 2.17. The molecule has 0 aliphatic carbocycles. The van der Waals surface area contributed by atoms with Gasteiger partial charge in [-0.15, -0.1) is 0 Å². The van der Waals surface area contributed by atoms with Crippen LogP contribution in [0, 0.1) is 0 Å². The second-order valence-corrected chi connectivity index (χ2v) is 6.27. The van der Waals surface area contributed by atoms with E-state index >= 15 is 0 Å². The number of aliphatic imine (C=N–C) groups is 1. The zero-order valence-electron chi connectivity index (χ0n) is 14.8. The molecule has 0 saturated carbocycles. The van der Waals surface area contributed by atoms with Crippen molar-refractivity contribution in [2.45, 2.75) is 26.3 Å². The lowest BCUT2D eigenvalue weighted by Gasteiger charge is -2.17. The Morgan fingerprint density at radius 3 is 2.64 bits per heavy atom. The maximum absolute atomic E-state index is 12.2. The van der Waals surface area contributed by atoms with E-state index in [2.05, 4.69) is 46.0 Å². The van der Waals surface area contributed by atoms with E-state index in [0.29, 0.717) is 19.0 Å². The average Bonchev–Trinajstić information content (AvgIpc) is 3.18. The highest BCUT2D eigenvalue weighted by atomic mass is 16.2. The molecule has 2 aromatic carbocycles. The maximum atomic E-state index is 12.2. The van der Waals surface area contributed by atoms with E-state index in [1.54, 1.807) is 0 Å². The second kappa shape index (κ2) is 8.51. The number of hydrogen-bond donors (Lipinski definition) is 2. The third kappa shape index (κ3) is 4.50. The Hall–Kier alpha value is -2.56. The molecule has 1 fully saturated rings. The Bertz CT molecular complexity index is 745.